The lowest BCUT2D eigenvalue weighted by Gasteiger charge is -2.26. The summed E-state index contributed by atoms with van der Waals surface area (Å²) in [7, 11) is 3.49. The van der Waals surface area contributed by atoms with Crippen LogP contribution in [0.25, 0.3) is 0 Å². The first-order valence-electron chi connectivity index (χ1n) is 6.81. The third-order valence-corrected chi connectivity index (χ3v) is 3.71. The lowest BCUT2D eigenvalue weighted by atomic mass is 10.2. The second-order valence-corrected chi connectivity index (χ2v) is 5.55. The van der Waals surface area contributed by atoms with E-state index in [1.165, 1.54) is 12.8 Å². The number of likely N-dealkylation sites (N-methyl/N-ethyl adjacent to an activating group) is 1. The number of nitrogens with zero attached hydrogens (tertiary/aromatic N) is 2. The number of rotatable bonds is 5. The van der Waals surface area contributed by atoms with E-state index in [9.17, 15) is 9.59 Å². The minimum atomic E-state index is -0.241. The summed E-state index contributed by atoms with van der Waals surface area (Å²) in [6, 6.07) is -0.241. The minimum Gasteiger partial charge on any atom is -0.347 e. The van der Waals surface area contributed by atoms with Gasteiger partial charge in [0.1, 0.15) is 6.04 Å². The molecule has 0 bridgehead atoms. The van der Waals surface area contributed by atoms with Crippen molar-refractivity contribution < 1.29 is 9.59 Å². The maximum absolute atomic E-state index is 12.1. The van der Waals surface area contributed by atoms with Gasteiger partial charge in [0, 0.05) is 20.6 Å². The summed E-state index contributed by atoms with van der Waals surface area (Å²) in [5, 5.41) is 3.20. The van der Waals surface area contributed by atoms with Crippen LogP contribution in [0.4, 0.5) is 0 Å². The van der Waals surface area contributed by atoms with Gasteiger partial charge >= 0.3 is 0 Å². The van der Waals surface area contributed by atoms with Crippen molar-refractivity contribution in [3.05, 3.63) is 0 Å². The molecular weight excluding hydrogens is 266 g/mol. The van der Waals surface area contributed by atoms with E-state index in [1.54, 1.807) is 23.9 Å². The fourth-order valence-corrected chi connectivity index (χ4v) is 2.43. The van der Waals surface area contributed by atoms with Crippen molar-refractivity contribution in [3.8, 4) is 0 Å². The van der Waals surface area contributed by atoms with E-state index in [0.717, 1.165) is 25.3 Å². The van der Waals surface area contributed by atoms with Crippen LogP contribution in [0, 0.1) is 5.92 Å². The van der Waals surface area contributed by atoms with Gasteiger partial charge in [-0.1, -0.05) is 0 Å². The normalized spacial score (nSPS) is 22.0. The summed E-state index contributed by atoms with van der Waals surface area (Å²) in [5.41, 5.74) is 0. The predicted octanol–water partition coefficient (Wildman–Crippen LogP) is 0.487. The van der Waals surface area contributed by atoms with Gasteiger partial charge in [-0.05, 0) is 38.1 Å². The van der Waals surface area contributed by atoms with Crippen molar-refractivity contribution in [1.82, 2.24) is 15.1 Å². The maximum Gasteiger partial charge on any atom is 0.244 e. The summed E-state index contributed by atoms with van der Waals surface area (Å²) in [5.74, 6) is 0.881. The topological polar surface area (TPSA) is 52.7 Å². The molecule has 1 saturated carbocycles. The molecule has 1 atom stereocenters. The molecule has 2 aliphatic rings. The Labute approximate surface area is 121 Å². The first kappa shape index (κ1) is 16.2. The summed E-state index contributed by atoms with van der Waals surface area (Å²) in [6.07, 6.45) is 4.29. The zero-order valence-corrected chi connectivity index (χ0v) is 12.5. The number of hydrogen-bond donors (Lipinski definition) is 1. The van der Waals surface area contributed by atoms with Gasteiger partial charge in [-0.2, -0.15) is 0 Å². The second kappa shape index (κ2) is 7.10. The second-order valence-electron chi connectivity index (χ2n) is 5.55. The van der Waals surface area contributed by atoms with E-state index in [2.05, 4.69) is 5.32 Å². The van der Waals surface area contributed by atoms with Gasteiger partial charge in [0.2, 0.25) is 11.8 Å². The molecule has 1 aliphatic heterocycles. The smallest absolute Gasteiger partial charge is 0.244 e. The van der Waals surface area contributed by atoms with Crippen LogP contribution in [0.3, 0.4) is 0 Å². The van der Waals surface area contributed by atoms with Gasteiger partial charge < -0.3 is 15.1 Å². The summed E-state index contributed by atoms with van der Waals surface area (Å²) in [6.45, 7) is 2.02. The number of likely N-dealkylation sites (tertiary alicyclic amines) is 1. The molecular formula is C13H24ClN3O2. The lowest BCUT2D eigenvalue weighted by Crippen LogP contribution is -2.48. The van der Waals surface area contributed by atoms with Gasteiger partial charge in [0.15, 0.2) is 0 Å². The third kappa shape index (κ3) is 4.35. The third-order valence-electron chi connectivity index (χ3n) is 3.71. The van der Waals surface area contributed by atoms with E-state index < -0.39 is 0 Å². The van der Waals surface area contributed by atoms with Gasteiger partial charge in [0.05, 0.1) is 6.54 Å². The summed E-state index contributed by atoms with van der Waals surface area (Å²) < 4.78 is 0. The van der Waals surface area contributed by atoms with E-state index in [-0.39, 0.29) is 30.3 Å². The Morgan fingerprint density at radius 3 is 2.53 bits per heavy atom. The molecule has 1 N–H and O–H groups in total. The SMILES string of the molecule is CN(C)C(=O)C1CCCN1C(=O)CNCC1CC1.Cl. The highest BCUT2D eigenvalue weighted by molar-refractivity contribution is 5.88. The summed E-state index contributed by atoms with van der Waals surface area (Å²) in [4.78, 5) is 27.4. The number of carbonyl (C=O) groups excluding carboxylic acids is 2. The molecule has 0 aromatic rings. The lowest BCUT2D eigenvalue weighted by molar-refractivity contribution is -0.141. The molecule has 5 nitrogen and oxygen atoms in total. The van der Waals surface area contributed by atoms with Gasteiger partial charge in [-0.15, -0.1) is 12.4 Å². The molecule has 1 heterocycles. The molecule has 1 unspecified atom stereocenters. The molecule has 2 fully saturated rings. The molecule has 110 valence electrons. The number of amides is 2. The van der Waals surface area contributed by atoms with E-state index in [1.807, 2.05) is 0 Å². The quantitative estimate of drug-likeness (QED) is 0.801. The van der Waals surface area contributed by atoms with Crippen LogP contribution in [0.2, 0.25) is 0 Å². The summed E-state index contributed by atoms with van der Waals surface area (Å²) >= 11 is 0. The van der Waals surface area contributed by atoms with Crippen molar-refractivity contribution in [3.63, 3.8) is 0 Å². The Morgan fingerprint density at radius 1 is 1.26 bits per heavy atom. The minimum absolute atomic E-state index is 0. The maximum atomic E-state index is 12.1. The number of nitrogens with one attached hydrogen (secondary N) is 1. The fraction of sp³-hybridized carbons (Fsp3) is 0.846. The van der Waals surface area contributed by atoms with Crippen molar-refractivity contribution in [2.75, 3.05) is 33.7 Å². The van der Waals surface area contributed by atoms with Gasteiger partial charge in [-0.3, -0.25) is 9.59 Å². The van der Waals surface area contributed by atoms with E-state index in [0.29, 0.717) is 13.1 Å². The average Bonchev–Trinajstić information content (AvgIpc) is 3.02. The van der Waals surface area contributed by atoms with Gasteiger partial charge in [-0.25, -0.2) is 0 Å². The van der Waals surface area contributed by atoms with Crippen LogP contribution in [-0.2, 0) is 9.59 Å². The first-order valence-corrected chi connectivity index (χ1v) is 6.81. The van der Waals surface area contributed by atoms with Crippen molar-refractivity contribution in [2.24, 2.45) is 5.92 Å². The van der Waals surface area contributed by atoms with Gasteiger partial charge in [0.25, 0.3) is 0 Å². The molecule has 2 rings (SSSR count). The average molecular weight is 290 g/mol. The highest BCUT2D eigenvalue weighted by Gasteiger charge is 2.34. The number of hydrogen-bond acceptors (Lipinski definition) is 3. The number of carbonyl (C=O) groups is 2. The monoisotopic (exact) mass is 289 g/mol. The Kier molecular flexibility index (Phi) is 6.07. The van der Waals surface area contributed by atoms with Crippen molar-refractivity contribution >= 4 is 24.2 Å². The predicted molar refractivity (Wildman–Crippen MR) is 76.3 cm³/mol. The standard InChI is InChI=1S/C13H23N3O2.ClH/c1-15(2)13(18)11-4-3-7-16(11)12(17)9-14-8-10-5-6-10;/h10-11,14H,3-9H2,1-2H3;1H. The van der Waals surface area contributed by atoms with E-state index >= 15 is 0 Å². The Morgan fingerprint density at radius 2 is 1.95 bits per heavy atom. The van der Waals surface area contributed by atoms with Crippen LogP contribution in [0.1, 0.15) is 25.7 Å². The first-order chi connectivity index (χ1) is 8.59. The van der Waals surface area contributed by atoms with Crippen LogP contribution in [0.15, 0.2) is 0 Å². The van der Waals surface area contributed by atoms with Crippen molar-refractivity contribution in [2.45, 2.75) is 31.7 Å². The van der Waals surface area contributed by atoms with Crippen LogP contribution in [0.5, 0.6) is 0 Å². The Bertz CT molecular complexity index is 332. The molecule has 6 heteroatoms. The highest BCUT2D eigenvalue weighted by atomic mass is 35.5. The number of halogens is 1. The molecule has 1 aliphatic carbocycles. The van der Waals surface area contributed by atoms with E-state index in [4.69, 9.17) is 0 Å². The van der Waals surface area contributed by atoms with Crippen LogP contribution in [-0.4, -0.2) is 61.4 Å². The molecule has 0 aromatic heterocycles. The Hall–Kier alpha value is -0.810. The highest BCUT2D eigenvalue weighted by Crippen LogP contribution is 2.27. The Balaban J connectivity index is 0.00000180. The van der Waals surface area contributed by atoms with Crippen LogP contribution >= 0.6 is 12.4 Å². The zero-order valence-electron chi connectivity index (χ0n) is 11.7. The zero-order chi connectivity index (χ0) is 13.1. The largest absolute Gasteiger partial charge is 0.347 e. The molecule has 0 aromatic carbocycles. The molecule has 2 amide bonds. The molecule has 0 spiro atoms. The van der Waals surface area contributed by atoms with Crippen molar-refractivity contribution in [1.29, 1.82) is 0 Å². The fourth-order valence-electron chi connectivity index (χ4n) is 2.43. The molecule has 0 radical (unpaired) electrons. The van der Waals surface area contributed by atoms with Crippen LogP contribution < -0.4 is 5.32 Å². The molecule has 1 saturated heterocycles. The molecule has 19 heavy (non-hydrogen) atoms.